The quantitative estimate of drug-likeness (QED) is 0.500. The molecule has 0 unspecified atom stereocenters. The summed E-state index contributed by atoms with van der Waals surface area (Å²) in [5.41, 5.74) is 12.0. The molecule has 0 aromatic heterocycles. The van der Waals surface area contributed by atoms with Crippen molar-refractivity contribution in [2.45, 2.75) is 19.8 Å². The third-order valence-corrected chi connectivity index (χ3v) is 3.34. The fourth-order valence-electron chi connectivity index (χ4n) is 1.93. The van der Waals surface area contributed by atoms with Gasteiger partial charge in [-0.15, -0.1) is 0 Å². The molecule has 0 aliphatic rings. The fourth-order valence-corrected chi connectivity index (χ4v) is 1.99. The predicted molar refractivity (Wildman–Crippen MR) is 102 cm³/mol. The van der Waals surface area contributed by atoms with Crippen LogP contribution in [-0.2, 0) is 0 Å². The molecule has 0 amide bonds. The van der Waals surface area contributed by atoms with Gasteiger partial charge in [0, 0.05) is 6.21 Å². The van der Waals surface area contributed by atoms with E-state index >= 15 is 0 Å². The Morgan fingerprint density at radius 1 is 1.00 bits per heavy atom. The van der Waals surface area contributed by atoms with Crippen molar-refractivity contribution in [3.05, 3.63) is 65.2 Å². The standard InChI is InChI=1S/C18H20N4S/c1-13(2)16-7-3-14(4-8-16)11-20-17-9-5-15(6-10-17)12-21-22-18(19)23/h3-13H,1-2H3,(H3,19,22,23)/b20-11?,21-12+. The number of thiocarbonyl (C=S) groups is 1. The van der Waals surface area contributed by atoms with Gasteiger partial charge in [-0.25, -0.2) is 0 Å². The highest BCUT2D eigenvalue weighted by molar-refractivity contribution is 7.80. The summed E-state index contributed by atoms with van der Waals surface area (Å²) < 4.78 is 0. The van der Waals surface area contributed by atoms with Crippen LogP contribution in [0, 0.1) is 0 Å². The summed E-state index contributed by atoms with van der Waals surface area (Å²) >= 11 is 4.67. The Kier molecular flexibility index (Phi) is 6.00. The fraction of sp³-hybridized carbons (Fsp3) is 0.167. The molecule has 0 radical (unpaired) electrons. The van der Waals surface area contributed by atoms with Crippen molar-refractivity contribution in [2.24, 2.45) is 15.8 Å². The van der Waals surface area contributed by atoms with Gasteiger partial charge < -0.3 is 5.73 Å². The Morgan fingerprint density at radius 2 is 1.57 bits per heavy atom. The molecule has 0 atom stereocenters. The van der Waals surface area contributed by atoms with Gasteiger partial charge in [0.2, 0.25) is 0 Å². The highest BCUT2D eigenvalue weighted by Gasteiger charge is 1.97. The van der Waals surface area contributed by atoms with E-state index in [1.165, 1.54) is 5.56 Å². The summed E-state index contributed by atoms with van der Waals surface area (Å²) in [6.07, 6.45) is 3.51. The van der Waals surface area contributed by atoms with E-state index < -0.39 is 0 Å². The van der Waals surface area contributed by atoms with Gasteiger partial charge in [0.1, 0.15) is 0 Å². The number of nitrogens with one attached hydrogen (secondary N) is 1. The van der Waals surface area contributed by atoms with E-state index in [1.54, 1.807) is 6.21 Å². The first kappa shape index (κ1) is 16.8. The zero-order chi connectivity index (χ0) is 16.7. The smallest absolute Gasteiger partial charge is 0.184 e. The van der Waals surface area contributed by atoms with Gasteiger partial charge in [-0.1, -0.05) is 50.2 Å². The van der Waals surface area contributed by atoms with Crippen LogP contribution in [0.25, 0.3) is 0 Å². The highest BCUT2D eigenvalue weighted by Crippen LogP contribution is 2.15. The molecule has 5 heteroatoms. The molecular weight excluding hydrogens is 304 g/mol. The molecule has 2 aromatic carbocycles. The minimum absolute atomic E-state index is 0.144. The number of hydrogen-bond acceptors (Lipinski definition) is 3. The SMILES string of the molecule is CC(C)c1ccc(C=Nc2ccc(/C=N/NC(N)=S)cc2)cc1. The first-order chi connectivity index (χ1) is 11.0. The Bertz CT molecular complexity index is 701. The van der Waals surface area contributed by atoms with Gasteiger partial charge in [-0.05, 0) is 47.0 Å². The molecule has 23 heavy (non-hydrogen) atoms. The number of hydrazone groups is 1. The van der Waals surface area contributed by atoms with Gasteiger partial charge in [0.15, 0.2) is 5.11 Å². The number of nitrogens with two attached hydrogens (primary N) is 1. The Labute approximate surface area is 142 Å². The summed E-state index contributed by atoms with van der Waals surface area (Å²) in [7, 11) is 0. The van der Waals surface area contributed by atoms with Crippen LogP contribution in [0.15, 0.2) is 58.6 Å². The van der Waals surface area contributed by atoms with Gasteiger partial charge in [0.25, 0.3) is 0 Å². The summed E-state index contributed by atoms with van der Waals surface area (Å²) in [5.74, 6) is 0.540. The zero-order valence-electron chi connectivity index (χ0n) is 13.2. The molecule has 2 rings (SSSR count). The lowest BCUT2D eigenvalue weighted by molar-refractivity contribution is 0.866. The number of hydrogen-bond donors (Lipinski definition) is 2. The summed E-state index contributed by atoms with van der Waals surface area (Å²) in [6, 6.07) is 16.2. The maximum atomic E-state index is 5.29. The van der Waals surface area contributed by atoms with Crippen molar-refractivity contribution in [1.29, 1.82) is 0 Å². The molecule has 0 fully saturated rings. The van der Waals surface area contributed by atoms with Crippen molar-refractivity contribution in [2.75, 3.05) is 0 Å². The van der Waals surface area contributed by atoms with Crippen LogP contribution >= 0.6 is 12.2 Å². The molecule has 118 valence electrons. The lowest BCUT2D eigenvalue weighted by atomic mass is 10.0. The van der Waals surface area contributed by atoms with Crippen molar-refractivity contribution < 1.29 is 0 Å². The predicted octanol–water partition coefficient (Wildman–Crippen LogP) is 3.73. The Morgan fingerprint density at radius 3 is 2.13 bits per heavy atom. The molecular formula is C18H20N4S. The lowest BCUT2D eigenvalue weighted by Crippen LogP contribution is -2.23. The van der Waals surface area contributed by atoms with Crippen LogP contribution in [0.4, 0.5) is 5.69 Å². The maximum absolute atomic E-state index is 5.29. The van der Waals surface area contributed by atoms with Crippen LogP contribution in [0.3, 0.4) is 0 Å². The van der Waals surface area contributed by atoms with Gasteiger partial charge in [-0.2, -0.15) is 5.10 Å². The molecule has 0 heterocycles. The van der Waals surface area contributed by atoms with Crippen molar-refractivity contribution in [3.63, 3.8) is 0 Å². The van der Waals surface area contributed by atoms with Crippen LogP contribution in [0.2, 0.25) is 0 Å². The summed E-state index contributed by atoms with van der Waals surface area (Å²) in [5, 5.41) is 4.05. The lowest BCUT2D eigenvalue weighted by Gasteiger charge is -2.04. The van der Waals surface area contributed by atoms with E-state index in [4.69, 9.17) is 5.73 Å². The van der Waals surface area contributed by atoms with Crippen molar-refractivity contribution >= 4 is 35.4 Å². The molecule has 0 aliphatic heterocycles. The second-order valence-corrected chi connectivity index (χ2v) is 5.85. The van der Waals surface area contributed by atoms with E-state index in [2.05, 4.69) is 65.9 Å². The van der Waals surface area contributed by atoms with E-state index in [0.29, 0.717) is 5.92 Å². The second kappa shape index (κ2) is 8.19. The zero-order valence-corrected chi connectivity index (χ0v) is 14.0. The molecule has 0 saturated carbocycles. The second-order valence-electron chi connectivity index (χ2n) is 5.41. The normalized spacial score (nSPS) is 11.4. The first-order valence-corrected chi connectivity index (χ1v) is 7.78. The average Bonchev–Trinajstić information content (AvgIpc) is 2.54. The number of aliphatic imine (C=N–C) groups is 1. The Balaban J connectivity index is 1.99. The van der Waals surface area contributed by atoms with Crippen LogP contribution in [0.1, 0.15) is 36.5 Å². The molecule has 0 aliphatic carbocycles. The van der Waals surface area contributed by atoms with Gasteiger partial charge >= 0.3 is 0 Å². The largest absolute Gasteiger partial charge is 0.375 e. The highest BCUT2D eigenvalue weighted by atomic mass is 32.1. The topological polar surface area (TPSA) is 62.8 Å². The first-order valence-electron chi connectivity index (χ1n) is 7.37. The average molecular weight is 324 g/mol. The number of rotatable bonds is 5. The molecule has 2 aromatic rings. The van der Waals surface area contributed by atoms with Gasteiger partial charge in [-0.3, -0.25) is 10.4 Å². The third-order valence-electron chi connectivity index (χ3n) is 3.25. The van der Waals surface area contributed by atoms with E-state index in [9.17, 15) is 0 Å². The molecule has 0 saturated heterocycles. The molecule has 4 nitrogen and oxygen atoms in total. The van der Waals surface area contributed by atoms with Gasteiger partial charge in [0.05, 0.1) is 11.9 Å². The van der Waals surface area contributed by atoms with E-state index in [1.807, 2.05) is 30.5 Å². The van der Waals surface area contributed by atoms with Crippen LogP contribution < -0.4 is 11.2 Å². The van der Waals surface area contributed by atoms with E-state index in [0.717, 1.165) is 16.8 Å². The number of nitrogens with zero attached hydrogens (tertiary/aromatic N) is 2. The van der Waals surface area contributed by atoms with Crippen LogP contribution in [-0.4, -0.2) is 17.5 Å². The Hall–Kier alpha value is -2.53. The molecule has 0 bridgehead atoms. The third kappa shape index (κ3) is 5.64. The number of benzene rings is 2. The minimum Gasteiger partial charge on any atom is -0.375 e. The maximum Gasteiger partial charge on any atom is 0.184 e. The summed E-state index contributed by atoms with van der Waals surface area (Å²) in [4.78, 5) is 4.47. The summed E-state index contributed by atoms with van der Waals surface area (Å²) in [6.45, 7) is 4.37. The van der Waals surface area contributed by atoms with Crippen LogP contribution in [0.5, 0.6) is 0 Å². The van der Waals surface area contributed by atoms with Crippen molar-refractivity contribution in [1.82, 2.24) is 5.43 Å². The van der Waals surface area contributed by atoms with E-state index in [-0.39, 0.29) is 5.11 Å². The minimum atomic E-state index is 0.144. The van der Waals surface area contributed by atoms with Crippen molar-refractivity contribution in [3.8, 4) is 0 Å². The monoisotopic (exact) mass is 324 g/mol. The molecule has 0 spiro atoms. The molecule has 3 N–H and O–H groups in total.